The van der Waals surface area contributed by atoms with Gasteiger partial charge in [-0.05, 0) is 12.1 Å². The van der Waals surface area contributed by atoms with E-state index in [9.17, 15) is 9.59 Å². The highest BCUT2D eigenvalue weighted by Gasteiger charge is 2.12. The van der Waals surface area contributed by atoms with Gasteiger partial charge in [-0.15, -0.1) is 0 Å². The molecule has 0 saturated carbocycles. The first-order valence-corrected chi connectivity index (χ1v) is 5.90. The highest BCUT2D eigenvalue weighted by Crippen LogP contribution is 2.19. The number of fused-ring (bicyclic) bond motifs is 1. The Morgan fingerprint density at radius 3 is 2.58 bits per heavy atom. The summed E-state index contributed by atoms with van der Waals surface area (Å²) in [6, 6.07) is 12.1. The molecule has 0 radical (unpaired) electrons. The van der Waals surface area contributed by atoms with Crippen LogP contribution in [0.2, 0.25) is 0 Å². The second kappa shape index (κ2) is 4.57. The molecule has 0 atom stereocenters. The molecule has 2 aromatic heterocycles. The first kappa shape index (κ1) is 11.5. The van der Waals surface area contributed by atoms with Crippen LogP contribution in [0.15, 0.2) is 64.1 Å². The van der Waals surface area contributed by atoms with Crippen molar-refractivity contribution in [3.8, 4) is 0 Å². The molecule has 0 amide bonds. The minimum Gasteiger partial charge on any atom is -0.453 e. The zero-order valence-electron chi connectivity index (χ0n) is 10.1. The highest BCUT2D eigenvalue weighted by molar-refractivity contribution is 5.97. The average molecular weight is 253 g/mol. The van der Waals surface area contributed by atoms with Crippen molar-refractivity contribution in [1.29, 1.82) is 0 Å². The quantitative estimate of drug-likeness (QED) is 0.674. The smallest absolute Gasteiger partial charge is 0.217 e. The molecule has 3 rings (SSSR count). The van der Waals surface area contributed by atoms with Crippen molar-refractivity contribution in [2.45, 2.75) is 6.54 Å². The number of Topliss-reactive ketones (excluding diaryl/α,β-unsaturated/α-hetero) is 1. The summed E-state index contributed by atoms with van der Waals surface area (Å²) in [4.78, 5) is 23.1. The largest absolute Gasteiger partial charge is 0.453 e. The molecule has 4 nitrogen and oxygen atoms in total. The van der Waals surface area contributed by atoms with Gasteiger partial charge in [0.25, 0.3) is 0 Å². The van der Waals surface area contributed by atoms with Crippen molar-refractivity contribution in [2.75, 3.05) is 0 Å². The summed E-state index contributed by atoms with van der Waals surface area (Å²) in [5, 5.41) is 0.908. The van der Waals surface area contributed by atoms with Crippen LogP contribution in [0.4, 0.5) is 0 Å². The number of pyridine rings is 1. The topological polar surface area (TPSA) is 52.2 Å². The first-order valence-electron chi connectivity index (χ1n) is 5.90. The van der Waals surface area contributed by atoms with Gasteiger partial charge in [0.05, 0.1) is 6.54 Å². The SMILES string of the molecule is O=C(Cn1ccc(=O)cc1)c1cc2ccccc2o1. The Morgan fingerprint density at radius 1 is 1.11 bits per heavy atom. The molecule has 0 saturated heterocycles. The van der Waals surface area contributed by atoms with Crippen molar-refractivity contribution in [2.24, 2.45) is 0 Å². The highest BCUT2D eigenvalue weighted by atomic mass is 16.3. The van der Waals surface area contributed by atoms with Gasteiger partial charge in [0, 0.05) is 29.9 Å². The summed E-state index contributed by atoms with van der Waals surface area (Å²) in [5.41, 5.74) is 0.623. The van der Waals surface area contributed by atoms with E-state index in [1.165, 1.54) is 12.1 Å². The van der Waals surface area contributed by atoms with Gasteiger partial charge in [0.1, 0.15) is 5.58 Å². The monoisotopic (exact) mass is 253 g/mol. The van der Waals surface area contributed by atoms with Gasteiger partial charge in [-0.3, -0.25) is 9.59 Å². The average Bonchev–Trinajstić information content (AvgIpc) is 2.85. The predicted octanol–water partition coefficient (Wildman–Crippen LogP) is 2.48. The van der Waals surface area contributed by atoms with Crippen molar-refractivity contribution in [3.63, 3.8) is 0 Å². The lowest BCUT2D eigenvalue weighted by molar-refractivity contribution is 0.0947. The molecule has 0 fully saturated rings. The van der Waals surface area contributed by atoms with Gasteiger partial charge in [0.15, 0.2) is 11.2 Å². The fourth-order valence-corrected chi connectivity index (χ4v) is 1.91. The van der Waals surface area contributed by atoms with Crippen LogP contribution in [-0.2, 0) is 6.54 Å². The van der Waals surface area contributed by atoms with Crippen molar-refractivity contribution >= 4 is 16.8 Å². The maximum Gasteiger partial charge on any atom is 0.217 e. The van der Waals surface area contributed by atoms with Crippen LogP contribution in [-0.4, -0.2) is 10.4 Å². The van der Waals surface area contributed by atoms with Crippen LogP contribution in [0.1, 0.15) is 10.6 Å². The molecule has 2 heterocycles. The molecule has 94 valence electrons. The normalized spacial score (nSPS) is 10.7. The van der Waals surface area contributed by atoms with Gasteiger partial charge in [-0.25, -0.2) is 0 Å². The second-order valence-corrected chi connectivity index (χ2v) is 4.28. The van der Waals surface area contributed by atoms with Gasteiger partial charge in [-0.2, -0.15) is 0 Å². The summed E-state index contributed by atoms with van der Waals surface area (Å²) in [6.07, 6.45) is 3.17. The van der Waals surface area contributed by atoms with Crippen LogP contribution >= 0.6 is 0 Å². The standard InChI is InChI=1S/C15H11NO3/c17-12-5-7-16(8-6-12)10-13(18)15-9-11-3-1-2-4-14(11)19-15/h1-9H,10H2. The predicted molar refractivity (Wildman–Crippen MR) is 71.2 cm³/mol. The Kier molecular flexibility index (Phi) is 2.76. The van der Waals surface area contributed by atoms with E-state index >= 15 is 0 Å². The number of furan rings is 1. The van der Waals surface area contributed by atoms with Crippen molar-refractivity contribution in [3.05, 3.63) is 70.8 Å². The Labute approximate surface area is 108 Å². The van der Waals surface area contributed by atoms with Gasteiger partial charge >= 0.3 is 0 Å². The molecule has 3 aromatic rings. The Balaban J connectivity index is 1.87. The van der Waals surface area contributed by atoms with Gasteiger partial charge < -0.3 is 8.98 Å². The van der Waals surface area contributed by atoms with Crippen LogP contribution < -0.4 is 5.43 Å². The molecular formula is C15H11NO3. The number of ketones is 1. The number of carbonyl (C=O) groups excluding carboxylic acids is 1. The van der Waals surface area contributed by atoms with Crippen molar-refractivity contribution in [1.82, 2.24) is 4.57 Å². The fraction of sp³-hybridized carbons (Fsp3) is 0.0667. The lowest BCUT2D eigenvalue weighted by Gasteiger charge is -2.02. The lowest BCUT2D eigenvalue weighted by Crippen LogP contribution is -2.11. The van der Waals surface area contributed by atoms with Crippen LogP contribution in [0.5, 0.6) is 0 Å². The molecule has 1 aromatic carbocycles. The summed E-state index contributed by atoms with van der Waals surface area (Å²) in [7, 11) is 0. The Hall–Kier alpha value is -2.62. The van der Waals surface area contributed by atoms with Crippen LogP contribution in [0.25, 0.3) is 11.0 Å². The van der Waals surface area contributed by atoms with E-state index in [-0.39, 0.29) is 17.8 Å². The summed E-state index contributed by atoms with van der Waals surface area (Å²) >= 11 is 0. The fourth-order valence-electron chi connectivity index (χ4n) is 1.91. The molecular weight excluding hydrogens is 242 g/mol. The Bertz CT molecular complexity index is 745. The number of hydrogen-bond acceptors (Lipinski definition) is 3. The van der Waals surface area contributed by atoms with E-state index in [0.29, 0.717) is 11.3 Å². The molecule has 0 bridgehead atoms. The zero-order valence-corrected chi connectivity index (χ0v) is 10.1. The van der Waals surface area contributed by atoms with E-state index in [2.05, 4.69) is 0 Å². The number of carbonyl (C=O) groups is 1. The van der Waals surface area contributed by atoms with E-state index < -0.39 is 0 Å². The summed E-state index contributed by atoms with van der Waals surface area (Å²) in [6.45, 7) is 0.153. The van der Waals surface area contributed by atoms with Crippen molar-refractivity contribution < 1.29 is 9.21 Å². The molecule has 0 aliphatic rings. The zero-order chi connectivity index (χ0) is 13.2. The van der Waals surface area contributed by atoms with E-state index in [1.54, 1.807) is 23.0 Å². The third-order valence-electron chi connectivity index (χ3n) is 2.89. The summed E-state index contributed by atoms with van der Waals surface area (Å²) < 4.78 is 7.15. The van der Waals surface area contributed by atoms with E-state index in [0.717, 1.165) is 5.39 Å². The minimum absolute atomic E-state index is 0.0764. The maximum absolute atomic E-state index is 12.1. The molecule has 0 aliphatic heterocycles. The molecule has 0 unspecified atom stereocenters. The molecule has 0 N–H and O–H groups in total. The number of nitrogens with zero attached hydrogens (tertiary/aromatic N) is 1. The first-order chi connectivity index (χ1) is 9.22. The lowest BCUT2D eigenvalue weighted by atomic mass is 10.2. The Morgan fingerprint density at radius 2 is 1.84 bits per heavy atom. The molecule has 19 heavy (non-hydrogen) atoms. The van der Waals surface area contributed by atoms with Crippen LogP contribution in [0, 0.1) is 0 Å². The van der Waals surface area contributed by atoms with E-state index in [1.807, 2.05) is 24.3 Å². The molecule has 0 spiro atoms. The van der Waals surface area contributed by atoms with Crippen LogP contribution in [0.3, 0.4) is 0 Å². The van der Waals surface area contributed by atoms with Gasteiger partial charge in [-0.1, -0.05) is 18.2 Å². The second-order valence-electron chi connectivity index (χ2n) is 4.28. The molecule has 4 heteroatoms. The molecule has 0 aliphatic carbocycles. The number of para-hydroxylation sites is 1. The number of rotatable bonds is 3. The van der Waals surface area contributed by atoms with E-state index in [4.69, 9.17) is 4.42 Å². The number of benzene rings is 1. The summed E-state index contributed by atoms with van der Waals surface area (Å²) in [5.74, 6) is 0.208. The maximum atomic E-state index is 12.1. The van der Waals surface area contributed by atoms with Gasteiger partial charge in [0.2, 0.25) is 5.78 Å². The minimum atomic E-state index is -0.125. The third kappa shape index (κ3) is 2.33. The number of hydrogen-bond donors (Lipinski definition) is 0. The number of aromatic nitrogens is 1. The third-order valence-corrected chi connectivity index (χ3v) is 2.89.